The Morgan fingerprint density at radius 2 is 2.25 bits per heavy atom. The Morgan fingerprint density at radius 3 is 3.15 bits per heavy atom. The van der Waals surface area contributed by atoms with Crippen molar-refractivity contribution in [3.05, 3.63) is 36.0 Å². The Morgan fingerprint density at radius 1 is 1.35 bits per heavy atom. The van der Waals surface area contributed by atoms with E-state index in [1.165, 1.54) is 22.2 Å². The van der Waals surface area contributed by atoms with Crippen LogP contribution in [0.15, 0.2) is 35.6 Å². The second-order valence-corrected chi connectivity index (χ2v) is 5.75. The topological polar surface area (TPSA) is 43.4 Å². The minimum Gasteiger partial charge on any atom is -0.361 e. The van der Waals surface area contributed by atoms with Crippen molar-refractivity contribution in [2.75, 3.05) is 19.6 Å². The molecule has 0 radical (unpaired) electrons. The summed E-state index contributed by atoms with van der Waals surface area (Å²) in [5.41, 5.74) is 7.29. The normalized spacial score (nSPS) is 26.4. The average Bonchev–Trinajstić information content (AvgIpc) is 3.09. The van der Waals surface area contributed by atoms with Gasteiger partial charge in [-0.3, -0.25) is 0 Å². The molecule has 4 nitrogen and oxygen atoms in total. The molecule has 0 bridgehead atoms. The number of fused-ring (bicyclic) bond motifs is 2. The second kappa shape index (κ2) is 4.63. The van der Waals surface area contributed by atoms with E-state index >= 15 is 0 Å². The van der Waals surface area contributed by atoms with Crippen LogP contribution in [0.3, 0.4) is 0 Å². The van der Waals surface area contributed by atoms with Crippen LogP contribution >= 0.6 is 0 Å². The van der Waals surface area contributed by atoms with Crippen LogP contribution in [0, 0.1) is 5.92 Å². The fraction of sp³-hybridized carbons (Fsp3) is 0.438. The van der Waals surface area contributed by atoms with Gasteiger partial charge in [-0.25, -0.2) is 0 Å². The molecule has 0 spiro atoms. The van der Waals surface area contributed by atoms with E-state index in [4.69, 9.17) is 0 Å². The van der Waals surface area contributed by atoms with Gasteiger partial charge in [0.1, 0.15) is 0 Å². The van der Waals surface area contributed by atoms with Crippen molar-refractivity contribution in [1.82, 2.24) is 15.3 Å². The maximum absolute atomic E-state index is 4.60. The van der Waals surface area contributed by atoms with Crippen molar-refractivity contribution in [3.63, 3.8) is 0 Å². The van der Waals surface area contributed by atoms with Crippen LogP contribution < -0.4 is 5.43 Å². The predicted octanol–water partition coefficient (Wildman–Crippen LogP) is 2.51. The molecule has 3 heterocycles. The summed E-state index contributed by atoms with van der Waals surface area (Å²) in [5, 5.41) is 5.91. The summed E-state index contributed by atoms with van der Waals surface area (Å²) >= 11 is 0. The Balaban J connectivity index is 1.69. The number of nitrogens with one attached hydrogen (secondary N) is 2. The third-order valence-corrected chi connectivity index (χ3v) is 4.72. The van der Waals surface area contributed by atoms with Gasteiger partial charge in [0.2, 0.25) is 0 Å². The number of H-pyrrole nitrogens is 1. The van der Waals surface area contributed by atoms with Gasteiger partial charge < -0.3 is 15.3 Å². The number of rotatable bonds is 2. The van der Waals surface area contributed by atoms with Crippen molar-refractivity contribution in [2.45, 2.75) is 19.4 Å². The van der Waals surface area contributed by atoms with Crippen molar-refractivity contribution in [2.24, 2.45) is 11.0 Å². The van der Waals surface area contributed by atoms with Crippen molar-refractivity contribution >= 4 is 16.6 Å². The van der Waals surface area contributed by atoms with Crippen molar-refractivity contribution in [3.8, 4) is 0 Å². The zero-order chi connectivity index (χ0) is 13.5. The molecule has 0 aliphatic carbocycles. The highest BCUT2D eigenvalue weighted by Gasteiger charge is 2.37. The van der Waals surface area contributed by atoms with Crippen LogP contribution in [0.25, 0.3) is 10.9 Å². The predicted molar refractivity (Wildman–Crippen MR) is 81.8 cm³/mol. The fourth-order valence-corrected chi connectivity index (χ4v) is 3.54. The number of likely N-dealkylation sites (tertiary alicyclic amines) is 1. The first-order chi connectivity index (χ1) is 9.86. The van der Waals surface area contributed by atoms with E-state index in [2.05, 4.69) is 57.8 Å². The largest absolute Gasteiger partial charge is 0.361 e. The van der Waals surface area contributed by atoms with Crippen LogP contribution in [0.4, 0.5) is 0 Å². The summed E-state index contributed by atoms with van der Waals surface area (Å²) in [6, 6.07) is 8.83. The second-order valence-electron chi connectivity index (χ2n) is 5.75. The SMILES string of the molecule is CCN1CCC2=NNC(c3c[nH]c4ccccc34)C2C1. The number of piperidine rings is 1. The molecule has 1 saturated heterocycles. The maximum atomic E-state index is 4.60. The molecule has 104 valence electrons. The number of hydrogen-bond donors (Lipinski definition) is 2. The van der Waals surface area contributed by atoms with Crippen LogP contribution in [0.2, 0.25) is 0 Å². The Hall–Kier alpha value is -1.81. The van der Waals surface area contributed by atoms with E-state index in [1.807, 2.05) is 0 Å². The Bertz CT molecular complexity index is 657. The smallest absolute Gasteiger partial charge is 0.0803 e. The molecular formula is C16H20N4. The Kier molecular flexibility index (Phi) is 2.77. The molecule has 1 fully saturated rings. The molecule has 4 rings (SSSR count). The number of para-hydroxylation sites is 1. The molecule has 0 saturated carbocycles. The molecule has 20 heavy (non-hydrogen) atoms. The molecule has 2 aliphatic rings. The molecule has 2 unspecified atom stereocenters. The standard InChI is InChI=1S/C16H20N4/c1-2-20-8-7-15-13(10-20)16(19-18-15)12-9-17-14-6-4-3-5-11(12)14/h3-6,9,13,16-17,19H,2,7-8,10H2,1H3. The van der Waals surface area contributed by atoms with E-state index in [0.717, 1.165) is 26.1 Å². The first-order valence-electron chi connectivity index (χ1n) is 7.47. The first-order valence-corrected chi connectivity index (χ1v) is 7.47. The third-order valence-electron chi connectivity index (χ3n) is 4.72. The van der Waals surface area contributed by atoms with Gasteiger partial charge in [-0.1, -0.05) is 25.1 Å². The van der Waals surface area contributed by atoms with Gasteiger partial charge in [0.25, 0.3) is 0 Å². The molecule has 2 N–H and O–H groups in total. The van der Waals surface area contributed by atoms with Gasteiger partial charge in [0, 0.05) is 53.8 Å². The van der Waals surface area contributed by atoms with Gasteiger partial charge in [-0.2, -0.15) is 5.10 Å². The van der Waals surface area contributed by atoms with Gasteiger partial charge in [-0.15, -0.1) is 0 Å². The maximum Gasteiger partial charge on any atom is 0.0803 e. The third kappa shape index (κ3) is 1.75. The van der Waals surface area contributed by atoms with Gasteiger partial charge in [0.15, 0.2) is 0 Å². The minimum atomic E-state index is 0.315. The lowest BCUT2D eigenvalue weighted by molar-refractivity contribution is 0.239. The highest BCUT2D eigenvalue weighted by Crippen LogP contribution is 2.35. The summed E-state index contributed by atoms with van der Waals surface area (Å²) in [7, 11) is 0. The molecular weight excluding hydrogens is 248 g/mol. The zero-order valence-corrected chi connectivity index (χ0v) is 11.8. The Labute approximate surface area is 118 Å². The van der Waals surface area contributed by atoms with E-state index < -0.39 is 0 Å². The summed E-state index contributed by atoms with van der Waals surface area (Å²) in [5.74, 6) is 0.517. The van der Waals surface area contributed by atoms with Crippen LogP contribution in [0.1, 0.15) is 24.9 Å². The first kappa shape index (κ1) is 12.0. The lowest BCUT2D eigenvalue weighted by atomic mass is 9.86. The van der Waals surface area contributed by atoms with Crippen LogP contribution in [-0.4, -0.2) is 35.2 Å². The van der Waals surface area contributed by atoms with Crippen molar-refractivity contribution < 1.29 is 0 Å². The summed E-state index contributed by atoms with van der Waals surface area (Å²) in [6.07, 6.45) is 3.25. The van der Waals surface area contributed by atoms with Gasteiger partial charge in [0.05, 0.1) is 6.04 Å². The number of nitrogens with zero attached hydrogens (tertiary/aromatic N) is 2. The lowest BCUT2D eigenvalue weighted by Crippen LogP contribution is -2.41. The molecule has 0 amide bonds. The van der Waals surface area contributed by atoms with Crippen LogP contribution in [0.5, 0.6) is 0 Å². The van der Waals surface area contributed by atoms with E-state index in [-0.39, 0.29) is 0 Å². The van der Waals surface area contributed by atoms with E-state index in [0.29, 0.717) is 12.0 Å². The van der Waals surface area contributed by atoms with Crippen LogP contribution in [-0.2, 0) is 0 Å². The summed E-state index contributed by atoms with van der Waals surface area (Å²) in [6.45, 7) is 5.64. The number of hydrogen-bond acceptors (Lipinski definition) is 3. The van der Waals surface area contributed by atoms with E-state index in [1.54, 1.807) is 0 Å². The minimum absolute atomic E-state index is 0.315. The highest BCUT2D eigenvalue weighted by molar-refractivity contribution is 5.91. The van der Waals surface area contributed by atoms with Gasteiger partial charge in [-0.05, 0) is 12.6 Å². The monoisotopic (exact) mass is 268 g/mol. The number of aromatic nitrogens is 1. The molecule has 2 aromatic rings. The number of hydrazone groups is 1. The molecule has 1 aromatic carbocycles. The number of benzene rings is 1. The summed E-state index contributed by atoms with van der Waals surface area (Å²) < 4.78 is 0. The number of aromatic amines is 1. The lowest BCUT2D eigenvalue weighted by Gasteiger charge is -2.32. The summed E-state index contributed by atoms with van der Waals surface area (Å²) in [4.78, 5) is 5.91. The average molecular weight is 268 g/mol. The highest BCUT2D eigenvalue weighted by atomic mass is 15.4. The molecule has 2 atom stereocenters. The molecule has 1 aromatic heterocycles. The zero-order valence-electron chi connectivity index (χ0n) is 11.8. The van der Waals surface area contributed by atoms with Gasteiger partial charge >= 0.3 is 0 Å². The van der Waals surface area contributed by atoms with Crippen molar-refractivity contribution in [1.29, 1.82) is 0 Å². The quantitative estimate of drug-likeness (QED) is 0.879. The molecule has 4 heteroatoms. The molecule has 2 aliphatic heterocycles. The fourth-order valence-electron chi connectivity index (χ4n) is 3.54. The van der Waals surface area contributed by atoms with E-state index in [9.17, 15) is 0 Å².